The highest BCUT2D eigenvalue weighted by atomic mass is 16.6. The van der Waals surface area contributed by atoms with Gasteiger partial charge in [-0.3, -0.25) is 9.88 Å². The molecule has 140 valence electrons. The van der Waals surface area contributed by atoms with Crippen molar-refractivity contribution in [2.24, 2.45) is 0 Å². The van der Waals surface area contributed by atoms with Gasteiger partial charge in [0.2, 0.25) is 0 Å². The Bertz CT molecular complexity index is 901. The molecule has 0 radical (unpaired) electrons. The fourth-order valence-electron chi connectivity index (χ4n) is 3.83. The van der Waals surface area contributed by atoms with E-state index in [0.29, 0.717) is 19.7 Å². The van der Waals surface area contributed by atoms with Gasteiger partial charge in [-0.2, -0.15) is 0 Å². The molecule has 0 aliphatic carbocycles. The van der Waals surface area contributed by atoms with Crippen molar-refractivity contribution in [1.82, 2.24) is 19.8 Å². The van der Waals surface area contributed by atoms with Gasteiger partial charge in [0.05, 0.1) is 12.6 Å². The Hall–Kier alpha value is -2.86. The van der Waals surface area contributed by atoms with Gasteiger partial charge >= 0.3 is 6.09 Å². The Labute approximate surface area is 158 Å². The normalized spacial score (nSPS) is 16.4. The Morgan fingerprint density at radius 1 is 1.15 bits per heavy atom. The maximum atomic E-state index is 12.0. The lowest BCUT2D eigenvalue weighted by molar-refractivity contribution is 0.0717. The first-order chi connectivity index (χ1) is 13.3. The van der Waals surface area contributed by atoms with E-state index in [-0.39, 0.29) is 12.1 Å². The molecule has 6 nitrogen and oxygen atoms in total. The summed E-state index contributed by atoms with van der Waals surface area (Å²) in [7, 11) is 0. The summed E-state index contributed by atoms with van der Waals surface area (Å²) in [5, 5.41) is 1.23. The minimum Gasteiger partial charge on any atom is -0.450 e. The average molecular weight is 364 g/mol. The summed E-state index contributed by atoms with van der Waals surface area (Å²) in [6, 6.07) is 12.6. The van der Waals surface area contributed by atoms with Crippen molar-refractivity contribution in [3.05, 3.63) is 66.1 Å². The Balaban J connectivity index is 1.64. The number of nitrogens with zero attached hydrogens (tertiary/aromatic N) is 3. The number of benzene rings is 1. The summed E-state index contributed by atoms with van der Waals surface area (Å²) in [6.07, 6.45) is 5.57. The Morgan fingerprint density at radius 3 is 2.63 bits per heavy atom. The van der Waals surface area contributed by atoms with Crippen molar-refractivity contribution in [2.45, 2.75) is 13.0 Å². The van der Waals surface area contributed by atoms with Crippen LogP contribution in [-0.2, 0) is 4.74 Å². The molecule has 1 atom stereocenters. The molecular formula is C21H24N4O2. The average Bonchev–Trinajstić information content (AvgIpc) is 3.14. The fraction of sp³-hybridized carbons (Fsp3) is 0.333. The smallest absolute Gasteiger partial charge is 0.409 e. The van der Waals surface area contributed by atoms with Crippen molar-refractivity contribution in [3.8, 4) is 0 Å². The number of rotatable bonds is 4. The molecule has 6 heteroatoms. The molecule has 1 amide bonds. The van der Waals surface area contributed by atoms with Gasteiger partial charge in [-0.25, -0.2) is 4.79 Å². The van der Waals surface area contributed by atoms with Crippen LogP contribution >= 0.6 is 0 Å². The maximum absolute atomic E-state index is 12.0. The van der Waals surface area contributed by atoms with Crippen LogP contribution in [-0.4, -0.2) is 58.6 Å². The molecule has 1 aromatic carbocycles. The number of amides is 1. The molecule has 27 heavy (non-hydrogen) atoms. The second-order valence-electron chi connectivity index (χ2n) is 6.69. The number of carbonyl (C=O) groups is 1. The van der Waals surface area contributed by atoms with Crippen LogP contribution in [0.4, 0.5) is 4.79 Å². The van der Waals surface area contributed by atoms with Crippen molar-refractivity contribution in [1.29, 1.82) is 0 Å². The van der Waals surface area contributed by atoms with Gasteiger partial charge in [0.1, 0.15) is 0 Å². The molecule has 0 spiro atoms. The molecule has 0 saturated carbocycles. The number of para-hydroxylation sites is 1. The van der Waals surface area contributed by atoms with Gasteiger partial charge in [0.15, 0.2) is 0 Å². The van der Waals surface area contributed by atoms with Crippen LogP contribution in [0.1, 0.15) is 24.1 Å². The van der Waals surface area contributed by atoms with Crippen molar-refractivity contribution < 1.29 is 9.53 Å². The molecule has 4 rings (SSSR count). The largest absolute Gasteiger partial charge is 0.450 e. The van der Waals surface area contributed by atoms with Crippen LogP contribution in [0, 0.1) is 0 Å². The van der Waals surface area contributed by atoms with E-state index in [9.17, 15) is 4.79 Å². The molecule has 3 aromatic rings. The first-order valence-corrected chi connectivity index (χ1v) is 9.39. The first-order valence-electron chi connectivity index (χ1n) is 9.39. The summed E-state index contributed by atoms with van der Waals surface area (Å²) in [4.78, 5) is 23.8. The zero-order chi connectivity index (χ0) is 18.6. The van der Waals surface area contributed by atoms with Crippen molar-refractivity contribution in [3.63, 3.8) is 0 Å². The molecular weight excluding hydrogens is 340 g/mol. The maximum Gasteiger partial charge on any atom is 0.409 e. The number of nitrogens with one attached hydrogen (secondary N) is 1. The number of H-pyrrole nitrogens is 1. The number of hydrogen-bond acceptors (Lipinski definition) is 4. The molecule has 0 bridgehead atoms. The molecule has 3 heterocycles. The highest BCUT2D eigenvalue weighted by molar-refractivity contribution is 5.84. The highest BCUT2D eigenvalue weighted by Gasteiger charge is 2.30. The molecule has 1 saturated heterocycles. The zero-order valence-electron chi connectivity index (χ0n) is 15.5. The summed E-state index contributed by atoms with van der Waals surface area (Å²) >= 11 is 0. The van der Waals surface area contributed by atoms with E-state index in [1.165, 1.54) is 16.5 Å². The summed E-state index contributed by atoms with van der Waals surface area (Å²) in [6.45, 7) is 5.18. The molecule has 2 aromatic heterocycles. The third-order valence-corrected chi connectivity index (χ3v) is 5.14. The monoisotopic (exact) mass is 364 g/mol. The van der Waals surface area contributed by atoms with E-state index in [0.717, 1.165) is 18.6 Å². The zero-order valence-corrected chi connectivity index (χ0v) is 15.5. The van der Waals surface area contributed by atoms with Crippen molar-refractivity contribution in [2.75, 3.05) is 32.8 Å². The van der Waals surface area contributed by atoms with Crippen LogP contribution < -0.4 is 0 Å². The van der Waals surface area contributed by atoms with E-state index in [1.54, 1.807) is 4.90 Å². The van der Waals surface area contributed by atoms with E-state index in [2.05, 4.69) is 51.4 Å². The van der Waals surface area contributed by atoms with E-state index in [4.69, 9.17) is 4.74 Å². The quantitative estimate of drug-likeness (QED) is 0.770. The minimum absolute atomic E-state index is 0.119. The van der Waals surface area contributed by atoms with Gasteiger partial charge in [-0.1, -0.05) is 18.2 Å². The number of piperazine rings is 1. The van der Waals surface area contributed by atoms with E-state index < -0.39 is 0 Å². The number of pyridine rings is 1. The SMILES string of the molecule is CCOC(=O)N1CCN(C(c2ccncc2)c2c[nH]c3ccccc23)CC1. The molecule has 1 N–H and O–H groups in total. The predicted octanol–water partition coefficient (Wildman–Crippen LogP) is 3.43. The number of carbonyl (C=O) groups excluding carboxylic acids is 1. The number of ether oxygens (including phenoxy) is 1. The minimum atomic E-state index is -0.218. The lowest BCUT2D eigenvalue weighted by Gasteiger charge is -2.39. The molecule has 1 unspecified atom stereocenters. The van der Waals surface area contributed by atoms with Crippen LogP contribution in [0.3, 0.4) is 0 Å². The van der Waals surface area contributed by atoms with Gasteiger partial charge in [0.25, 0.3) is 0 Å². The third-order valence-electron chi connectivity index (χ3n) is 5.14. The van der Waals surface area contributed by atoms with Gasteiger partial charge in [-0.05, 0) is 36.2 Å². The lowest BCUT2D eigenvalue weighted by Crippen LogP contribution is -2.50. The summed E-state index contributed by atoms with van der Waals surface area (Å²) in [5.74, 6) is 0. The third kappa shape index (κ3) is 3.53. The molecule has 1 aliphatic heterocycles. The Kier molecular flexibility index (Phi) is 5.07. The van der Waals surface area contributed by atoms with Crippen LogP contribution in [0.25, 0.3) is 10.9 Å². The summed E-state index contributed by atoms with van der Waals surface area (Å²) in [5.41, 5.74) is 3.59. The molecule has 1 fully saturated rings. The van der Waals surface area contributed by atoms with Gasteiger partial charge < -0.3 is 14.6 Å². The predicted molar refractivity (Wildman–Crippen MR) is 105 cm³/mol. The fourth-order valence-corrected chi connectivity index (χ4v) is 3.83. The summed E-state index contributed by atoms with van der Waals surface area (Å²) < 4.78 is 5.15. The lowest BCUT2D eigenvalue weighted by atomic mass is 9.96. The topological polar surface area (TPSA) is 61.5 Å². The van der Waals surface area contributed by atoms with Crippen LogP contribution in [0.5, 0.6) is 0 Å². The highest BCUT2D eigenvalue weighted by Crippen LogP contribution is 2.34. The van der Waals surface area contributed by atoms with Crippen LogP contribution in [0.2, 0.25) is 0 Å². The van der Waals surface area contributed by atoms with Crippen molar-refractivity contribution >= 4 is 17.0 Å². The first kappa shape index (κ1) is 17.5. The number of hydrogen-bond donors (Lipinski definition) is 1. The van der Waals surface area contributed by atoms with E-state index in [1.807, 2.05) is 25.4 Å². The second kappa shape index (κ2) is 7.80. The Morgan fingerprint density at radius 2 is 1.89 bits per heavy atom. The van der Waals surface area contributed by atoms with Gasteiger partial charge in [0, 0.05) is 55.7 Å². The van der Waals surface area contributed by atoms with Crippen LogP contribution in [0.15, 0.2) is 55.0 Å². The number of aromatic nitrogens is 2. The second-order valence-corrected chi connectivity index (χ2v) is 6.69. The molecule has 1 aliphatic rings. The number of aromatic amines is 1. The van der Waals surface area contributed by atoms with E-state index >= 15 is 0 Å². The number of fused-ring (bicyclic) bond motifs is 1. The van der Waals surface area contributed by atoms with Gasteiger partial charge in [-0.15, -0.1) is 0 Å². The standard InChI is InChI=1S/C21H24N4O2/c1-2-27-21(26)25-13-11-24(12-14-25)20(16-7-9-22-10-8-16)18-15-23-19-6-4-3-5-17(18)19/h3-10,15,20,23H,2,11-14H2,1H3.